The van der Waals surface area contributed by atoms with Crippen molar-refractivity contribution in [3.05, 3.63) is 0 Å². The maximum Gasteiger partial charge on any atom is 0.272 e. The topological polar surface area (TPSA) is 27.7 Å². The molecule has 0 rings (SSSR count). The Morgan fingerprint density at radius 2 is 1.77 bits per heavy atom. The number of hydrogen-bond donors (Lipinski definition) is 0. The molecule has 0 saturated carbocycles. The molecular formula is C8H19ClO3Si. The average Bonchev–Trinajstić information content (AvgIpc) is 2.15. The minimum absolute atomic E-state index is 0.588. The Morgan fingerprint density at radius 1 is 1.23 bits per heavy atom. The molecule has 0 aliphatic carbocycles. The first kappa shape index (κ1) is 13.4. The summed E-state index contributed by atoms with van der Waals surface area (Å²) in [6, 6.07) is 0. The number of halogens is 1. The second kappa shape index (κ2) is 7.76. The summed E-state index contributed by atoms with van der Waals surface area (Å²) in [6.45, 7) is 5.03. The Kier molecular flexibility index (Phi) is 7.99. The van der Waals surface area contributed by atoms with Gasteiger partial charge in [-0.2, -0.15) is 0 Å². The van der Waals surface area contributed by atoms with Crippen LogP contribution < -0.4 is 0 Å². The van der Waals surface area contributed by atoms with E-state index in [9.17, 15) is 0 Å². The fourth-order valence-electron chi connectivity index (χ4n) is 1.13. The Hall–Kier alpha value is 0.387. The van der Waals surface area contributed by atoms with Crippen molar-refractivity contribution in [1.29, 1.82) is 0 Å². The molecule has 0 radical (unpaired) electrons. The molecule has 0 fully saturated rings. The van der Waals surface area contributed by atoms with Crippen molar-refractivity contribution in [2.24, 2.45) is 0 Å². The summed E-state index contributed by atoms with van der Waals surface area (Å²) in [5.74, 6) is -0.225. The first-order valence-electron chi connectivity index (χ1n) is 4.63. The van der Waals surface area contributed by atoms with Gasteiger partial charge in [0.25, 0.3) is 5.97 Å². The first-order chi connectivity index (χ1) is 6.24. The number of ether oxygens (including phenoxy) is 2. The van der Waals surface area contributed by atoms with E-state index in [4.69, 9.17) is 25.5 Å². The molecule has 0 bridgehead atoms. The summed E-state index contributed by atoms with van der Waals surface area (Å²) in [5.41, 5.74) is 0. The number of alkyl halides is 1. The summed E-state index contributed by atoms with van der Waals surface area (Å²) in [7, 11) is 0.598. The van der Waals surface area contributed by atoms with Gasteiger partial charge in [-0.1, -0.05) is 0 Å². The molecule has 13 heavy (non-hydrogen) atoms. The molecule has 0 aromatic carbocycles. The molecule has 0 spiro atoms. The van der Waals surface area contributed by atoms with Gasteiger partial charge in [0.1, 0.15) is 0 Å². The average molecular weight is 227 g/mol. The predicted octanol–water partition coefficient (Wildman–Crippen LogP) is 1.03. The highest BCUT2D eigenvalue weighted by Crippen LogP contribution is 2.21. The molecule has 0 heterocycles. The summed E-state index contributed by atoms with van der Waals surface area (Å²) in [4.78, 5) is 0. The van der Waals surface area contributed by atoms with Gasteiger partial charge in [0.15, 0.2) is 10.5 Å². The molecule has 0 N–H and O–H groups in total. The highest BCUT2D eigenvalue weighted by Gasteiger charge is 2.29. The van der Waals surface area contributed by atoms with Crippen molar-refractivity contribution in [3.8, 4) is 0 Å². The summed E-state index contributed by atoms with van der Waals surface area (Å²) in [5, 5.41) is 0. The lowest BCUT2D eigenvalue weighted by atomic mass is 10.3. The SMILES string of the molecule is CCOC(CCCCl)(O[SiH3])OCC. The highest BCUT2D eigenvalue weighted by atomic mass is 35.5. The zero-order chi connectivity index (χ0) is 10.2. The Balaban J connectivity index is 4.07. The van der Waals surface area contributed by atoms with Crippen molar-refractivity contribution < 1.29 is 13.9 Å². The Labute approximate surface area is 88.2 Å². The standard InChI is InChI=1S/C8H19ClO3Si/c1-3-10-8(12-13,11-4-2)6-5-7-9/h3-7H2,1-2,13H3. The summed E-state index contributed by atoms with van der Waals surface area (Å²) in [6.07, 6.45) is 1.53. The zero-order valence-electron chi connectivity index (χ0n) is 8.64. The molecular weight excluding hydrogens is 208 g/mol. The minimum atomic E-state index is -0.829. The lowest BCUT2D eigenvalue weighted by Crippen LogP contribution is -2.38. The van der Waals surface area contributed by atoms with Crippen LogP contribution in [0.25, 0.3) is 0 Å². The van der Waals surface area contributed by atoms with Crippen molar-refractivity contribution in [2.45, 2.75) is 32.7 Å². The van der Waals surface area contributed by atoms with E-state index in [2.05, 4.69) is 0 Å². The fraction of sp³-hybridized carbons (Fsp3) is 1.00. The summed E-state index contributed by atoms with van der Waals surface area (Å²) >= 11 is 5.61. The maximum atomic E-state index is 5.61. The van der Waals surface area contributed by atoms with Crippen molar-refractivity contribution in [2.75, 3.05) is 19.1 Å². The van der Waals surface area contributed by atoms with E-state index in [0.29, 0.717) is 36.0 Å². The lowest BCUT2D eigenvalue weighted by Gasteiger charge is -2.31. The molecule has 0 aromatic heterocycles. The van der Waals surface area contributed by atoms with Crippen molar-refractivity contribution in [1.82, 2.24) is 0 Å². The van der Waals surface area contributed by atoms with Crippen LogP contribution in [0.5, 0.6) is 0 Å². The van der Waals surface area contributed by atoms with Crippen LogP contribution in [0.1, 0.15) is 26.7 Å². The predicted molar refractivity (Wildman–Crippen MR) is 57.0 cm³/mol. The van der Waals surface area contributed by atoms with Gasteiger partial charge in [-0.3, -0.25) is 0 Å². The third-order valence-corrected chi connectivity index (χ3v) is 2.55. The van der Waals surface area contributed by atoms with Crippen molar-refractivity contribution >= 4 is 22.1 Å². The third kappa shape index (κ3) is 4.98. The molecule has 0 aliphatic rings. The molecule has 0 atom stereocenters. The highest BCUT2D eigenvalue weighted by molar-refractivity contribution is 6.17. The van der Waals surface area contributed by atoms with Gasteiger partial charge in [-0.15, -0.1) is 11.6 Å². The Morgan fingerprint density at radius 3 is 2.08 bits per heavy atom. The van der Waals surface area contributed by atoms with Gasteiger partial charge in [-0.25, -0.2) is 0 Å². The zero-order valence-corrected chi connectivity index (χ0v) is 11.4. The van der Waals surface area contributed by atoms with Crippen LogP contribution in [-0.4, -0.2) is 35.6 Å². The molecule has 0 aliphatic heterocycles. The fourth-order valence-corrected chi connectivity index (χ4v) is 1.70. The van der Waals surface area contributed by atoms with Crippen LogP contribution in [0.4, 0.5) is 0 Å². The van der Waals surface area contributed by atoms with E-state index in [-0.39, 0.29) is 0 Å². The molecule has 80 valence electrons. The van der Waals surface area contributed by atoms with Crippen LogP contribution in [-0.2, 0) is 13.9 Å². The van der Waals surface area contributed by atoms with E-state index >= 15 is 0 Å². The van der Waals surface area contributed by atoms with Crippen LogP contribution in [0, 0.1) is 0 Å². The van der Waals surface area contributed by atoms with E-state index in [1.54, 1.807) is 0 Å². The third-order valence-electron chi connectivity index (χ3n) is 1.66. The van der Waals surface area contributed by atoms with Crippen LogP contribution in [0.15, 0.2) is 0 Å². The molecule has 0 amide bonds. The van der Waals surface area contributed by atoms with Gasteiger partial charge >= 0.3 is 0 Å². The molecule has 0 aromatic rings. The van der Waals surface area contributed by atoms with Gasteiger partial charge in [0.05, 0.1) is 0 Å². The minimum Gasteiger partial charge on any atom is -0.380 e. The van der Waals surface area contributed by atoms with E-state index < -0.39 is 5.97 Å². The largest absolute Gasteiger partial charge is 0.380 e. The van der Waals surface area contributed by atoms with E-state index in [0.717, 1.165) is 6.42 Å². The quantitative estimate of drug-likeness (QED) is 0.352. The Bertz CT molecular complexity index is 118. The maximum absolute atomic E-state index is 5.61. The van der Waals surface area contributed by atoms with Crippen LogP contribution in [0.3, 0.4) is 0 Å². The molecule has 3 nitrogen and oxygen atoms in total. The van der Waals surface area contributed by atoms with Crippen LogP contribution in [0.2, 0.25) is 0 Å². The van der Waals surface area contributed by atoms with E-state index in [1.165, 1.54) is 0 Å². The van der Waals surface area contributed by atoms with Gasteiger partial charge in [0, 0.05) is 25.5 Å². The number of hydrogen-bond acceptors (Lipinski definition) is 3. The molecule has 0 unspecified atom stereocenters. The smallest absolute Gasteiger partial charge is 0.272 e. The number of rotatable bonds is 8. The monoisotopic (exact) mass is 226 g/mol. The van der Waals surface area contributed by atoms with Gasteiger partial charge in [0.2, 0.25) is 0 Å². The van der Waals surface area contributed by atoms with Crippen molar-refractivity contribution in [3.63, 3.8) is 0 Å². The molecule has 0 saturated heterocycles. The van der Waals surface area contributed by atoms with Crippen LogP contribution >= 0.6 is 11.6 Å². The lowest BCUT2D eigenvalue weighted by molar-refractivity contribution is -0.343. The summed E-state index contributed by atoms with van der Waals surface area (Å²) < 4.78 is 16.3. The molecule has 5 heteroatoms. The second-order valence-electron chi connectivity index (χ2n) is 2.55. The normalized spacial score (nSPS) is 12.2. The van der Waals surface area contributed by atoms with E-state index in [1.807, 2.05) is 13.8 Å². The first-order valence-corrected chi connectivity index (χ1v) is 5.98. The van der Waals surface area contributed by atoms with Gasteiger partial charge in [-0.05, 0) is 20.3 Å². The van der Waals surface area contributed by atoms with Gasteiger partial charge < -0.3 is 13.9 Å². The second-order valence-corrected chi connectivity index (χ2v) is 3.33.